The lowest BCUT2D eigenvalue weighted by molar-refractivity contribution is 0.0268. The van der Waals surface area contributed by atoms with Gasteiger partial charge < -0.3 is 14.7 Å². The molecule has 122 valence electrons. The number of likely N-dealkylation sites (tertiary alicyclic amines) is 1. The van der Waals surface area contributed by atoms with Gasteiger partial charge in [-0.15, -0.1) is 0 Å². The zero-order valence-corrected chi connectivity index (χ0v) is 13.7. The summed E-state index contributed by atoms with van der Waals surface area (Å²) < 4.78 is 18.6. The van der Waals surface area contributed by atoms with Crippen LogP contribution < -0.4 is 0 Å². The number of aliphatic hydroxyl groups excluding tert-OH is 1. The molecule has 1 saturated heterocycles. The van der Waals surface area contributed by atoms with Crippen LogP contribution in [0.4, 0.5) is 9.18 Å². The zero-order chi connectivity index (χ0) is 16.5. The Morgan fingerprint density at radius 1 is 1.50 bits per heavy atom. The van der Waals surface area contributed by atoms with Crippen LogP contribution in [0.1, 0.15) is 38.9 Å². The highest BCUT2D eigenvalue weighted by molar-refractivity contribution is 6.31. The number of ether oxygens (including phenoxy) is 1. The third kappa shape index (κ3) is 4.11. The van der Waals surface area contributed by atoms with E-state index in [1.807, 2.05) is 0 Å². The Labute approximate surface area is 134 Å². The first-order valence-electron chi connectivity index (χ1n) is 7.28. The van der Waals surface area contributed by atoms with Gasteiger partial charge in [0.15, 0.2) is 0 Å². The maximum Gasteiger partial charge on any atom is 0.410 e. The summed E-state index contributed by atoms with van der Waals surface area (Å²) in [6.07, 6.45) is -0.684. The van der Waals surface area contributed by atoms with Crippen LogP contribution in [0.25, 0.3) is 0 Å². The second kappa shape index (κ2) is 6.42. The number of nitrogens with zero attached hydrogens (tertiary/aromatic N) is 1. The Morgan fingerprint density at radius 3 is 2.82 bits per heavy atom. The predicted octanol–water partition coefficient (Wildman–Crippen LogP) is 3.77. The van der Waals surface area contributed by atoms with Gasteiger partial charge in [-0.2, -0.15) is 0 Å². The van der Waals surface area contributed by atoms with E-state index in [1.165, 1.54) is 18.2 Å². The number of hydrogen-bond acceptors (Lipinski definition) is 3. The highest BCUT2D eigenvalue weighted by atomic mass is 35.5. The topological polar surface area (TPSA) is 49.8 Å². The van der Waals surface area contributed by atoms with E-state index in [2.05, 4.69) is 0 Å². The summed E-state index contributed by atoms with van der Waals surface area (Å²) in [6.45, 7) is 6.28. The van der Waals surface area contributed by atoms with E-state index < -0.39 is 23.6 Å². The molecule has 0 spiro atoms. The maximum absolute atomic E-state index is 13.3. The molecule has 1 aromatic carbocycles. The molecule has 0 saturated carbocycles. The van der Waals surface area contributed by atoms with Crippen molar-refractivity contribution in [3.05, 3.63) is 34.6 Å². The molecule has 1 aliphatic rings. The molecule has 1 aromatic rings. The maximum atomic E-state index is 13.3. The van der Waals surface area contributed by atoms with Crippen molar-refractivity contribution in [2.75, 3.05) is 13.1 Å². The molecule has 2 atom stereocenters. The van der Waals surface area contributed by atoms with E-state index in [0.29, 0.717) is 30.1 Å². The second-order valence-corrected chi connectivity index (χ2v) is 6.99. The van der Waals surface area contributed by atoms with E-state index >= 15 is 0 Å². The van der Waals surface area contributed by atoms with Gasteiger partial charge in [0.2, 0.25) is 0 Å². The summed E-state index contributed by atoms with van der Waals surface area (Å²) in [5.74, 6) is -0.632. The van der Waals surface area contributed by atoms with Crippen molar-refractivity contribution in [2.24, 2.45) is 5.92 Å². The van der Waals surface area contributed by atoms with Crippen LogP contribution in [-0.2, 0) is 4.74 Å². The van der Waals surface area contributed by atoms with E-state index in [4.69, 9.17) is 16.3 Å². The first-order chi connectivity index (χ1) is 10.2. The third-order valence-electron chi connectivity index (χ3n) is 3.60. The molecule has 1 N–H and O–H groups in total. The van der Waals surface area contributed by atoms with Crippen molar-refractivity contribution in [3.63, 3.8) is 0 Å². The molecule has 1 fully saturated rings. The van der Waals surface area contributed by atoms with E-state index in [-0.39, 0.29) is 5.92 Å². The molecule has 1 heterocycles. The molecule has 0 bridgehead atoms. The average Bonchev–Trinajstić information content (AvgIpc) is 2.88. The SMILES string of the molecule is CC(C)(C)OC(=O)N1CCC(C(O)c2cc(F)ccc2Cl)C1. The van der Waals surface area contributed by atoms with E-state index in [9.17, 15) is 14.3 Å². The standard InChI is InChI=1S/C16H21ClFNO3/c1-16(2,3)22-15(21)19-7-6-10(9-19)14(20)12-8-11(18)4-5-13(12)17/h4-5,8,10,14,20H,6-7,9H2,1-3H3. The van der Waals surface area contributed by atoms with Crippen LogP contribution >= 0.6 is 11.6 Å². The fraction of sp³-hybridized carbons (Fsp3) is 0.562. The summed E-state index contributed by atoms with van der Waals surface area (Å²) in [5.41, 5.74) is -0.197. The lowest BCUT2D eigenvalue weighted by Crippen LogP contribution is -2.35. The highest BCUT2D eigenvalue weighted by Gasteiger charge is 2.34. The lowest BCUT2D eigenvalue weighted by Gasteiger charge is -2.25. The monoisotopic (exact) mass is 329 g/mol. The highest BCUT2D eigenvalue weighted by Crippen LogP contribution is 2.34. The molecular weight excluding hydrogens is 309 g/mol. The molecule has 0 aliphatic carbocycles. The van der Waals surface area contributed by atoms with Crippen LogP contribution in [0.5, 0.6) is 0 Å². The minimum Gasteiger partial charge on any atom is -0.444 e. The average molecular weight is 330 g/mol. The van der Waals surface area contributed by atoms with E-state index in [1.54, 1.807) is 25.7 Å². The van der Waals surface area contributed by atoms with Gasteiger partial charge in [0.25, 0.3) is 0 Å². The predicted molar refractivity (Wildman–Crippen MR) is 82.3 cm³/mol. The Bertz CT molecular complexity index is 559. The van der Waals surface area contributed by atoms with Crippen molar-refractivity contribution in [1.29, 1.82) is 0 Å². The van der Waals surface area contributed by atoms with Gasteiger partial charge in [-0.3, -0.25) is 0 Å². The fourth-order valence-corrected chi connectivity index (χ4v) is 2.76. The Morgan fingerprint density at radius 2 is 2.18 bits per heavy atom. The Hall–Kier alpha value is -1.33. The first-order valence-corrected chi connectivity index (χ1v) is 7.66. The van der Waals surface area contributed by atoms with Gasteiger partial charge in [0.05, 0.1) is 6.10 Å². The number of hydrogen-bond donors (Lipinski definition) is 1. The summed E-state index contributed by atoms with van der Waals surface area (Å²) >= 11 is 6.02. The number of benzene rings is 1. The van der Waals surface area contributed by atoms with Crippen molar-refractivity contribution in [3.8, 4) is 0 Å². The van der Waals surface area contributed by atoms with Gasteiger partial charge in [-0.25, -0.2) is 9.18 Å². The minimum atomic E-state index is -0.907. The molecule has 2 unspecified atom stereocenters. The largest absolute Gasteiger partial charge is 0.444 e. The molecule has 0 aromatic heterocycles. The number of rotatable bonds is 2. The Balaban J connectivity index is 2.03. The number of carbonyl (C=O) groups is 1. The zero-order valence-electron chi connectivity index (χ0n) is 13.0. The number of carbonyl (C=O) groups excluding carboxylic acids is 1. The van der Waals surface area contributed by atoms with E-state index in [0.717, 1.165) is 0 Å². The van der Waals surface area contributed by atoms with Gasteiger partial charge in [0.1, 0.15) is 11.4 Å². The minimum absolute atomic E-state index is 0.188. The molecule has 22 heavy (non-hydrogen) atoms. The quantitative estimate of drug-likeness (QED) is 0.898. The van der Waals surface area contributed by atoms with Gasteiger partial charge in [-0.05, 0) is 45.4 Å². The summed E-state index contributed by atoms with van der Waals surface area (Å²) in [6, 6.07) is 3.92. The van der Waals surface area contributed by atoms with Gasteiger partial charge in [0, 0.05) is 29.6 Å². The molecule has 4 nitrogen and oxygen atoms in total. The molecule has 2 rings (SSSR count). The number of halogens is 2. The lowest BCUT2D eigenvalue weighted by atomic mass is 9.95. The van der Waals surface area contributed by atoms with Crippen LogP contribution in [0.15, 0.2) is 18.2 Å². The van der Waals surface area contributed by atoms with Crippen LogP contribution in [0.2, 0.25) is 5.02 Å². The smallest absolute Gasteiger partial charge is 0.410 e. The fourth-order valence-electron chi connectivity index (χ4n) is 2.53. The summed E-state index contributed by atoms with van der Waals surface area (Å²) in [7, 11) is 0. The molecular formula is C16H21ClFNO3. The van der Waals surface area contributed by atoms with Crippen LogP contribution in [-0.4, -0.2) is 34.8 Å². The number of aliphatic hydroxyl groups is 1. The van der Waals surface area contributed by atoms with Crippen LogP contribution in [0.3, 0.4) is 0 Å². The molecule has 1 aliphatic heterocycles. The van der Waals surface area contributed by atoms with Crippen molar-refractivity contribution >= 4 is 17.7 Å². The van der Waals surface area contributed by atoms with Crippen molar-refractivity contribution in [1.82, 2.24) is 4.90 Å². The first kappa shape index (κ1) is 17.0. The normalized spacial score (nSPS) is 20.1. The van der Waals surface area contributed by atoms with Crippen LogP contribution in [0, 0.1) is 11.7 Å². The van der Waals surface area contributed by atoms with Crippen molar-refractivity contribution < 1.29 is 19.0 Å². The second-order valence-electron chi connectivity index (χ2n) is 6.59. The molecule has 0 radical (unpaired) electrons. The number of amides is 1. The molecule has 1 amide bonds. The molecule has 6 heteroatoms. The Kier molecular flexibility index (Phi) is 4.97. The third-order valence-corrected chi connectivity index (χ3v) is 3.94. The van der Waals surface area contributed by atoms with Gasteiger partial charge in [-0.1, -0.05) is 11.6 Å². The summed E-state index contributed by atoms with van der Waals surface area (Å²) in [5, 5.41) is 10.8. The van der Waals surface area contributed by atoms with Gasteiger partial charge >= 0.3 is 6.09 Å². The summed E-state index contributed by atoms with van der Waals surface area (Å²) in [4.78, 5) is 13.6. The van der Waals surface area contributed by atoms with Crippen molar-refractivity contribution in [2.45, 2.75) is 38.9 Å².